The lowest BCUT2D eigenvalue weighted by molar-refractivity contribution is -0.137. The van der Waals surface area contributed by atoms with Gasteiger partial charge in [0, 0.05) is 36.2 Å². The molecule has 0 saturated heterocycles. The number of ketones is 2. The van der Waals surface area contributed by atoms with E-state index in [9.17, 15) is 27.6 Å². The summed E-state index contributed by atoms with van der Waals surface area (Å²) in [6.45, 7) is 1.88. The van der Waals surface area contributed by atoms with Gasteiger partial charge in [-0.3, -0.25) is 14.4 Å². The number of thiophene rings is 1. The molecule has 2 aromatic rings. The first-order valence-electron chi connectivity index (χ1n) is 8.34. The van der Waals surface area contributed by atoms with E-state index >= 15 is 0 Å². The van der Waals surface area contributed by atoms with E-state index in [0.29, 0.717) is 4.88 Å². The Morgan fingerprint density at radius 2 is 1.71 bits per heavy atom. The quantitative estimate of drug-likeness (QED) is 0.547. The van der Waals surface area contributed by atoms with Crippen molar-refractivity contribution < 1.29 is 27.6 Å². The van der Waals surface area contributed by atoms with Gasteiger partial charge in [0.2, 0.25) is 5.91 Å². The predicted octanol–water partition coefficient (Wildman–Crippen LogP) is 5.68. The zero-order valence-corrected chi connectivity index (χ0v) is 16.4. The molecule has 0 radical (unpaired) electrons. The summed E-state index contributed by atoms with van der Waals surface area (Å²) in [5.41, 5.74) is -1.11. The fraction of sp³-hybridized carbons (Fsp3) is 0.316. The van der Waals surface area contributed by atoms with Gasteiger partial charge in [-0.1, -0.05) is 11.6 Å². The molecule has 1 aromatic heterocycles. The van der Waals surface area contributed by atoms with Gasteiger partial charge in [0.1, 0.15) is 5.78 Å². The second-order valence-electron chi connectivity index (χ2n) is 6.11. The van der Waals surface area contributed by atoms with Gasteiger partial charge in [0.25, 0.3) is 0 Å². The van der Waals surface area contributed by atoms with Crippen molar-refractivity contribution in [3.63, 3.8) is 0 Å². The van der Waals surface area contributed by atoms with E-state index < -0.39 is 22.7 Å². The summed E-state index contributed by atoms with van der Waals surface area (Å²) in [4.78, 5) is 37.3. The number of nitrogens with one attached hydrogen (secondary N) is 1. The molecule has 9 heteroatoms. The lowest BCUT2D eigenvalue weighted by Gasteiger charge is -2.11. The van der Waals surface area contributed by atoms with Crippen molar-refractivity contribution in [2.45, 2.75) is 38.8 Å². The largest absolute Gasteiger partial charge is 0.417 e. The number of Topliss-reactive ketones (excluding diaryl/α,β-unsaturated/α-hetero) is 2. The molecule has 1 amide bonds. The third kappa shape index (κ3) is 6.45. The number of carbonyl (C=O) groups excluding carboxylic acids is 3. The molecule has 4 nitrogen and oxygen atoms in total. The maximum absolute atomic E-state index is 12.8. The average molecular weight is 432 g/mol. The first-order valence-corrected chi connectivity index (χ1v) is 9.53. The van der Waals surface area contributed by atoms with E-state index in [2.05, 4.69) is 5.32 Å². The molecule has 0 aliphatic heterocycles. The average Bonchev–Trinajstić information content (AvgIpc) is 3.05. The molecule has 0 spiro atoms. The molecule has 0 saturated carbocycles. The van der Waals surface area contributed by atoms with Crippen molar-refractivity contribution >= 4 is 46.1 Å². The van der Waals surface area contributed by atoms with Crippen molar-refractivity contribution in [3.05, 3.63) is 50.7 Å². The molecular weight excluding hydrogens is 415 g/mol. The number of carbonyl (C=O) groups is 3. The lowest BCUT2D eigenvalue weighted by Crippen LogP contribution is -2.15. The van der Waals surface area contributed by atoms with Crippen LogP contribution >= 0.6 is 22.9 Å². The Bertz CT molecular complexity index is 893. The number of amides is 1. The molecule has 1 heterocycles. The van der Waals surface area contributed by atoms with Crippen molar-refractivity contribution in [2.75, 3.05) is 5.32 Å². The summed E-state index contributed by atoms with van der Waals surface area (Å²) in [6.07, 6.45) is -4.84. The minimum absolute atomic E-state index is 0.0161. The number of benzene rings is 1. The zero-order valence-electron chi connectivity index (χ0n) is 14.9. The molecule has 0 bridgehead atoms. The summed E-state index contributed by atoms with van der Waals surface area (Å²) in [7, 11) is 0. The SMILES string of the molecule is Cc1ccc(C(=O)CCC(=O)CCC(=O)Nc2ccc(Cl)c(C(F)(F)F)c2)s1. The number of alkyl halides is 3. The number of hydrogen-bond donors (Lipinski definition) is 1. The van der Waals surface area contributed by atoms with Crippen LogP contribution in [0.15, 0.2) is 30.3 Å². The maximum atomic E-state index is 12.8. The zero-order chi connectivity index (χ0) is 20.9. The van der Waals surface area contributed by atoms with E-state index in [1.54, 1.807) is 6.07 Å². The monoisotopic (exact) mass is 431 g/mol. The molecule has 1 N–H and O–H groups in total. The third-order valence-electron chi connectivity index (χ3n) is 3.83. The van der Waals surface area contributed by atoms with Crippen LogP contribution in [0.5, 0.6) is 0 Å². The molecule has 2 rings (SSSR count). The van der Waals surface area contributed by atoms with Gasteiger partial charge >= 0.3 is 6.18 Å². The van der Waals surface area contributed by atoms with E-state index in [0.717, 1.165) is 17.0 Å². The Morgan fingerprint density at radius 3 is 2.32 bits per heavy atom. The number of hydrogen-bond acceptors (Lipinski definition) is 4. The van der Waals surface area contributed by atoms with Crippen LogP contribution in [0.3, 0.4) is 0 Å². The fourth-order valence-electron chi connectivity index (χ4n) is 2.38. The van der Waals surface area contributed by atoms with E-state index in [4.69, 9.17) is 11.6 Å². The first kappa shape index (κ1) is 22.1. The van der Waals surface area contributed by atoms with Gasteiger partial charge in [0.05, 0.1) is 15.5 Å². The van der Waals surface area contributed by atoms with Crippen LogP contribution in [-0.4, -0.2) is 17.5 Å². The minimum atomic E-state index is -4.64. The number of aryl methyl sites for hydroxylation is 1. The summed E-state index contributed by atoms with van der Waals surface area (Å²) < 4.78 is 38.5. The number of halogens is 4. The molecule has 1 aromatic carbocycles. The minimum Gasteiger partial charge on any atom is -0.326 e. The molecule has 0 aliphatic carbocycles. The van der Waals surface area contributed by atoms with Crippen LogP contribution in [0.4, 0.5) is 18.9 Å². The van der Waals surface area contributed by atoms with Crippen LogP contribution in [0.25, 0.3) is 0 Å². The molecule has 0 fully saturated rings. The van der Waals surface area contributed by atoms with Gasteiger partial charge in [-0.05, 0) is 37.3 Å². The summed E-state index contributed by atoms with van der Waals surface area (Å²) in [5, 5.41) is 1.85. The highest BCUT2D eigenvalue weighted by Gasteiger charge is 2.33. The molecule has 0 aliphatic rings. The van der Waals surface area contributed by atoms with Crippen molar-refractivity contribution in [1.82, 2.24) is 0 Å². The molecular formula is C19H17ClF3NO3S. The van der Waals surface area contributed by atoms with Gasteiger partial charge < -0.3 is 5.32 Å². The van der Waals surface area contributed by atoms with E-state index in [-0.39, 0.29) is 42.9 Å². The van der Waals surface area contributed by atoms with Crippen molar-refractivity contribution in [3.8, 4) is 0 Å². The van der Waals surface area contributed by atoms with Gasteiger partial charge in [-0.15, -0.1) is 11.3 Å². The lowest BCUT2D eigenvalue weighted by atomic mass is 10.1. The summed E-state index contributed by atoms with van der Waals surface area (Å²) >= 11 is 6.88. The first-order chi connectivity index (χ1) is 13.1. The Balaban J connectivity index is 1.80. The third-order valence-corrected chi connectivity index (χ3v) is 5.20. The Kier molecular flexibility index (Phi) is 7.37. The second-order valence-corrected chi connectivity index (χ2v) is 7.81. The maximum Gasteiger partial charge on any atom is 0.417 e. The number of rotatable bonds is 8. The molecule has 0 unspecified atom stereocenters. The molecule has 28 heavy (non-hydrogen) atoms. The Morgan fingerprint density at radius 1 is 1.04 bits per heavy atom. The van der Waals surface area contributed by atoms with E-state index in [1.807, 2.05) is 13.0 Å². The highest BCUT2D eigenvalue weighted by molar-refractivity contribution is 7.14. The Labute approximate surface area is 168 Å². The topological polar surface area (TPSA) is 63.2 Å². The predicted molar refractivity (Wildman–Crippen MR) is 102 cm³/mol. The normalized spacial score (nSPS) is 11.3. The smallest absolute Gasteiger partial charge is 0.326 e. The van der Waals surface area contributed by atoms with Crippen LogP contribution in [0.1, 0.15) is 45.8 Å². The van der Waals surface area contributed by atoms with Crippen LogP contribution in [-0.2, 0) is 15.8 Å². The second kappa shape index (κ2) is 9.34. The van der Waals surface area contributed by atoms with Crippen molar-refractivity contribution in [2.24, 2.45) is 0 Å². The van der Waals surface area contributed by atoms with Crippen LogP contribution in [0, 0.1) is 6.92 Å². The fourth-order valence-corrected chi connectivity index (χ4v) is 3.44. The van der Waals surface area contributed by atoms with Crippen LogP contribution in [0.2, 0.25) is 5.02 Å². The van der Waals surface area contributed by atoms with Gasteiger partial charge in [0.15, 0.2) is 5.78 Å². The standard InChI is InChI=1S/C19H17ClF3NO3S/c1-11-2-8-17(28-11)16(26)7-4-13(25)5-9-18(27)24-12-3-6-15(20)14(10-12)19(21,22)23/h2-3,6,8,10H,4-5,7,9H2,1H3,(H,24,27). The number of anilines is 1. The summed E-state index contributed by atoms with van der Waals surface area (Å²) in [5.74, 6) is -0.982. The highest BCUT2D eigenvalue weighted by Crippen LogP contribution is 2.36. The van der Waals surface area contributed by atoms with E-state index in [1.165, 1.54) is 17.4 Å². The summed E-state index contributed by atoms with van der Waals surface area (Å²) in [6, 6.07) is 6.57. The Hall–Kier alpha value is -2.19. The highest BCUT2D eigenvalue weighted by atomic mass is 35.5. The van der Waals surface area contributed by atoms with Crippen LogP contribution < -0.4 is 5.32 Å². The molecule has 150 valence electrons. The van der Waals surface area contributed by atoms with Gasteiger partial charge in [-0.25, -0.2) is 0 Å². The van der Waals surface area contributed by atoms with Crippen molar-refractivity contribution in [1.29, 1.82) is 0 Å². The molecule has 0 atom stereocenters. The van der Waals surface area contributed by atoms with Gasteiger partial charge in [-0.2, -0.15) is 13.2 Å².